The molecule has 0 aromatic carbocycles. The summed E-state index contributed by atoms with van der Waals surface area (Å²) in [6.07, 6.45) is 18.6. The summed E-state index contributed by atoms with van der Waals surface area (Å²) < 4.78 is 0. The second-order valence-electron chi connectivity index (χ2n) is 6.37. The molecule has 0 atom stereocenters. The quantitative estimate of drug-likeness (QED) is 0.238. The van der Waals surface area contributed by atoms with Crippen LogP contribution >= 0.6 is 0 Å². The first-order valence-corrected chi connectivity index (χ1v) is 9.47. The number of unbranched alkanes of at least 4 members (excludes halogenated alkanes) is 10. The average molecular weight is 301 g/mol. The van der Waals surface area contributed by atoms with Crippen LogP contribution in [0.15, 0.2) is 12.7 Å². The molecule has 0 aliphatic rings. The zero-order valence-corrected chi connectivity index (χ0v) is 16.1. The van der Waals surface area contributed by atoms with E-state index in [9.17, 15) is 0 Å². The molecule has 0 rings (SSSR count). The molecule has 0 N–H and O–H groups in total. The second kappa shape index (κ2) is 19.2. The predicted octanol–water partition coefficient (Wildman–Crippen LogP) is 3.75. The normalized spacial score (nSPS) is 10.5. The van der Waals surface area contributed by atoms with E-state index in [1.165, 1.54) is 96.2 Å². The van der Waals surface area contributed by atoms with Crippen LogP contribution in [0.1, 0.15) is 97.8 Å². The molecule has 0 aliphatic heterocycles. The summed E-state index contributed by atoms with van der Waals surface area (Å²) in [5.74, 6) is 0. The maximum absolute atomic E-state index is 3.94. The minimum absolute atomic E-state index is 0. The largest absolute Gasteiger partial charge is 1.00 e. The molecule has 0 aliphatic carbocycles. The summed E-state index contributed by atoms with van der Waals surface area (Å²) >= 11 is 0. The van der Waals surface area contributed by atoms with Gasteiger partial charge in [0.2, 0.25) is 0 Å². The van der Waals surface area contributed by atoms with Crippen LogP contribution in [0.3, 0.4) is 0 Å². The van der Waals surface area contributed by atoms with Gasteiger partial charge in [-0.15, -0.1) is 0 Å². The van der Waals surface area contributed by atoms with E-state index in [1.54, 1.807) is 0 Å². The van der Waals surface area contributed by atoms with Crippen molar-refractivity contribution in [3.05, 3.63) is 18.7 Å². The van der Waals surface area contributed by atoms with Crippen LogP contribution in [0.5, 0.6) is 0 Å². The van der Waals surface area contributed by atoms with Gasteiger partial charge in [0.05, 0.1) is 0 Å². The van der Waals surface area contributed by atoms with E-state index in [0.717, 1.165) is 0 Å². The van der Waals surface area contributed by atoms with Crippen LogP contribution in [0.2, 0.25) is 0 Å². The molecule has 0 fully saturated rings. The monoisotopic (exact) mass is 301 g/mol. The van der Waals surface area contributed by atoms with Crippen molar-refractivity contribution < 1.29 is 18.9 Å². The molecule has 0 spiro atoms. The maximum atomic E-state index is 3.94. The van der Waals surface area contributed by atoms with Crippen molar-refractivity contribution >= 4 is 0 Å². The SMILES string of the molecule is C=C[C-](C)N(CCCCCCCC)CCCCCCCC.[Li+]. The fourth-order valence-electron chi connectivity index (χ4n) is 2.76. The number of nitrogens with zero attached hydrogens (tertiary/aromatic N) is 1. The van der Waals surface area contributed by atoms with Crippen molar-refractivity contribution in [1.82, 2.24) is 4.90 Å². The molecule has 0 amide bonds. The third kappa shape index (κ3) is 15.1. The van der Waals surface area contributed by atoms with Crippen LogP contribution in [-0.2, 0) is 0 Å². The Balaban J connectivity index is 0. The van der Waals surface area contributed by atoms with E-state index in [2.05, 4.69) is 32.3 Å². The van der Waals surface area contributed by atoms with Gasteiger partial charge in [-0.1, -0.05) is 85.0 Å². The molecule has 0 unspecified atom stereocenters. The molecule has 0 radical (unpaired) electrons. The van der Waals surface area contributed by atoms with Gasteiger partial charge in [0.15, 0.2) is 0 Å². The number of hydrogen-bond acceptors (Lipinski definition) is 1. The average Bonchev–Trinajstić information content (AvgIpc) is 2.51. The van der Waals surface area contributed by atoms with Crippen LogP contribution in [0.25, 0.3) is 0 Å². The van der Waals surface area contributed by atoms with Gasteiger partial charge >= 0.3 is 18.9 Å². The third-order valence-corrected chi connectivity index (χ3v) is 4.36. The summed E-state index contributed by atoms with van der Waals surface area (Å²) in [6.45, 7) is 13.2. The summed E-state index contributed by atoms with van der Waals surface area (Å²) in [5, 5.41) is 0. The first-order valence-electron chi connectivity index (χ1n) is 9.47. The fraction of sp³-hybridized carbons (Fsp3) is 0.850. The summed E-state index contributed by atoms with van der Waals surface area (Å²) in [5.41, 5.74) is 0. The van der Waals surface area contributed by atoms with Crippen LogP contribution in [0, 0.1) is 6.04 Å². The molecular formula is C20H40LiN. The molecule has 0 saturated carbocycles. The molecule has 2 heteroatoms. The molecule has 0 bridgehead atoms. The first kappa shape index (κ1) is 24.4. The van der Waals surface area contributed by atoms with Gasteiger partial charge < -0.3 is 4.90 Å². The van der Waals surface area contributed by atoms with Gasteiger partial charge in [-0.05, 0) is 25.9 Å². The minimum Gasteiger partial charge on any atom is -0.357 e. The standard InChI is InChI=1S/C20H40N.Li/c1-5-8-10-12-14-16-18-21(20(4)7-3)19-17-15-13-11-9-6-2;/h7H,3,5-6,8-19H2,1-2,4H3;/q-1;+1. The molecular weight excluding hydrogens is 261 g/mol. The van der Waals surface area contributed by atoms with E-state index in [1.807, 2.05) is 6.08 Å². The Kier molecular flexibility index (Phi) is 21.3. The Bertz CT molecular complexity index is 202. The van der Waals surface area contributed by atoms with Crippen molar-refractivity contribution in [3.63, 3.8) is 0 Å². The molecule has 0 aromatic heterocycles. The molecule has 0 heterocycles. The van der Waals surface area contributed by atoms with Gasteiger partial charge in [0.25, 0.3) is 0 Å². The van der Waals surface area contributed by atoms with Crippen LogP contribution in [-0.4, -0.2) is 18.0 Å². The van der Waals surface area contributed by atoms with Crippen molar-refractivity contribution in [1.29, 1.82) is 0 Å². The zero-order valence-electron chi connectivity index (χ0n) is 16.1. The minimum atomic E-state index is 0. The van der Waals surface area contributed by atoms with Gasteiger partial charge in [-0.2, -0.15) is 6.04 Å². The smallest absolute Gasteiger partial charge is 0.357 e. The van der Waals surface area contributed by atoms with Gasteiger partial charge in [0, 0.05) is 0 Å². The first-order chi connectivity index (χ1) is 10.3. The van der Waals surface area contributed by atoms with Crippen LogP contribution < -0.4 is 18.9 Å². The van der Waals surface area contributed by atoms with Gasteiger partial charge in [-0.25, -0.2) is 12.7 Å². The van der Waals surface area contributed by atoms with Crippen molar-refractivity contribution in [2.45, 2.75) is 97.8 Å². The van der Waals surface area contributed by atoms with E-state index >= 15 is 0 Å². The summed E-state index contributed by atoms with van der Waals surface area (Å²) in [4.78, 5) is 2.55. The second-order valence-corrected chi connectivity index (χ2v) is 6.37. The Labute approximate surface area is 153 Å². The van der Waals surface area contributed by atoms with Crippen molar-refractivity contribution in [2.75, 3.05) is 13.1 Å². The van der Waals surface area contributed by atoms with E-state index in [4.69, 9.17) is 0 Å². The molecule has 126 valence electrons. The fourth-order valence-corrected chi connectivity index (χ4v) is 2.76. The predicted molar refractivity (Wildman–Crippen MR) is 97.4 cm³/mol. The van der Waals surface area contributed by atoms with E-state index < -0.39 is 0 Å². The maximum Gasteiger partial charge on any atom is 1.00 e. The topological polar surface area (TPSA) is 3.24 Å². The van der Waals surface area contributed by atoms with Gasteiger partial charge in [0.1, 0.15) is 0 Å². The Morgan fingerprint density at radius 3 is 1.45 bits per heavy atom. The zero-order chi connectivity index (χ0) is 15.8. The molecule has 0 aromatic rings. The number of hydrogen-bond donors (Lipinski definition) is 0. The number of rotatable bonds is 16. The Hall–Kier alpha value is 0.167. The van der Waals surface area contributed by atoms with Crippen molar-refractivity contribution in [2.24, 2.45) is 0 Å². The Morgan fingerprint density at radius 2 is 1.09 bits per heavy atom. The van der Waals surface area contributed by atoms with Crippen LogP contribution in [0.4, 0.5) is 0 Å². The summed E-state index contributed by atoms with van der Waals surface area (Å²) in [6, 6.07) is 1.36. The van der Waals surface area contributed by atoms with Crippen molar-refractivity contribution in [3.8, 4) is 0 Å². The molecule has 22 heavy (non-hydrogen) atoms. The Morgan fingerprint density at radius 1 is 0.727 bits per heavy atom. The summed E-state index contributed by atoms with van der Waals surface area (Å²) in [7, 11) is 0. The molecule has 0 saturated heterocycles. The van der Waals surface area contributed by atoms with E-state index in [0.29, 0.717) is 0 Å². The molecule has 1 nitrogen and oxygen atoms in total. The van der Waals surface area contributed by atoms with E-state index in [-0.39, 0.29) is 18.9 Å². The third-order valence-electron chi connectivity index (χ3n) is 4.36. The van der Waals surface area contributed by atoms with Gasteiger partial charge in [-0.3, -0.25) is 0 Å².